The lowest BCUT2D eigenvalue weighted by Crippen LogP contribution is -2.45. The molecular formula is C15H20N2O4. The molecule has 1 aromatic rings. The maximum atomic E-state index is 12.1. The molecule has 1 aliphatic heterocycles. The summed E-state index contributed by atoms with van der Waals surface area (Å²) >= 11 is 0. The van der Waals surface area contributed by atoms with E-state index in [0.717, 1.165) is 11.1 Å². The predicted molar refractivity (Wildman–Crippen MR) is 77.4 cm³/mol. The summed E-state index contributed by atoms with van der Waals surface area (Å²) in [5.74, 6) is -0.918. The van der Waals surface area contributed by atoms with Crippen molar-refractivity contribution in [3.63, 3.8) is 0 Å². The van der Waals surface area contributed by atoms with Gasteiger partial charge in [-0.1, -0.05) is 12.1 Å². The highest BCUT2D eigenvalue weighted by Crippen LogP contribution is 2.22. The minimum atomic E-state index is -0.918. The summed E-state index contributed by atoms with van der Waals surface area (Å²) in [4.78, 5) is 25.0. The molecule has 0 spiro atoms. The van der Waals surface area contributed by atoms with Crippen molar-refractivity contribution in [2.45, 2.75) is 26.0 Å². The Balaban J connectivity index is 2.04. The first-order chi connectivity index (χ1) is 10.0. The van der Waals surface area contributed by atoms with E-state index in [1.54, 1.807) is 24.1 Å². The van der Waals surface area contributed by atoms with Crippen molar-refractivity contribution in [2.75, 3.05) is 20.2 Å². The molecule has 21 heavy (non-hydrogen) atoms. The number of aromatic carboxylic acids is 1. The molecule has 0 saturated heterocycles. The number of hydrogen-bond acceptors (Lipinski definition) is 3. The Labute approximate surface area is 123 Å². The molecule has 2 amide bonds. The smallest absolute Gasteiger partial charge is 0.335 e. The number of fused-ring (bicyclic) bond motifs is 1. The van der Waals surface area contributed by atoms with Gasteiger partial charge in [0.25, 0.3) is 0 Å². The van der Waals surface area contributed by atoms with E-state index in [0.29, 0.717) is 31.6 Å². The van der Waals surface area contributed by atoms with E-state index >= 15 is 0 Å². The van der Waals surface area contributed by atoms with E-state index in [-0.39, 0.29) is 12.1 Å². The van der Waals surface area contributed by atoms with Gasteiger partial charge in [0.1, 0.15) is 0 Å². The van der Waals surface area contributed by atoms with Crippen LogP contribution in [0.1, 0.15) is 28.4 Å². The molecule has 1 atom stereocenters. The Hall–Kier alpha value is -2.08. The monoisotopic (exact) mass is 292 g/mol. The van der Waals surface area contributed by atoms with Crippen LogP contribution in [0.5, 0.6) is 0 Å². The van der Waals surface area contributed by atoms with Crippen LogP contribution in [0.25, 0.3) is 0 Å². The van der Waals surface area contributed by atoms with Crippen LogP contribution < -0.4 is 5.32 Å². The minimum absolute atomic E-state index is 0.0374. The van der Waals surface area contributed by atoms with E-state index in [2.05, 4.69) is 5.32 Å². The third kappa shape index (κ3) is 3.52. The Bertz CT molecular complexity index is 544. The number of methoxy groups -OCH3 is 1. The minimum Gasteiger partial charge on any atom is -0.478 e. The van der Waals surface area contributed by atoms with Gasteiger partial charge >= 0.3 is 12.0 Å². The molecule has 1 aliphatic rings. The number of carbonyl (C=O) groups excluding carboxylic acids is 1. The van der Waals surface area contributed by atoms with E-state index in [4.69, 9.17) is 4.74 Å². The predicted octanol–water partition coefficient (Wildman–Crippen LogP) is 1.49. The normalized spacial score (nSPS) is 15.2. The average Bonchev–Trinajstić information content (AvgIpc) is 2.50. The number of rotatable bonds is 4. The summed E-state index contributed by atoms with van der Waals surface area (Å²) in [5, 5.41) is 12.0. The Kier molecular flexibility index (Phi) is 4.80. The second kappa shape index (κ2) is 6.58. The second-order valence-electron chi connectivity index (χ2n) is 5.15. The number of urea groups is 1. The largest absolute Gasteiger partial charge is 0.478 e. The quantitative estimate of drug-likeness (QED) is 0.881. The van der Waals surface area contributed by atoms with Crippen molar-refractivity contribution in [3.8, 4) is 0 Å². The molecule has 0 radical (unpaired) electrons. The van der Waals surface area contributed by atoms with Crippen LogP contribution in [0.4, 0.5) is 4.79 Å². The van der Waals surface area contributed by atoms with Gasteiger partial charge < -0.3 is 20.1 Å². The summed E-state index contributed by atoms with van der Waals surface area (Å²) in [7, 11) is 1.60. The van der Waals surface area contributed by atoms with Crippen molar-refractivity contribution in [1.29, 1.82) is 0 Å². The Morgan fingerprint density at radius 1 is 1.48 bits per heavy atom. The lowest BCUT2D eigenvalue weighted by atomic mass is 9.95. The van der Waals surface area contributed by atoms with E-state index in [1.807, 2.05) is 13.0 Å². The lowest BCUT2D eigenvalue weighted by molar-refractivity contribution is 0.0695. The average molecular weight is 292 g/mol. The lowest BCUT2D eigenvalue weighted by Gasteiger charge is -2.30. The molecule has 6 heteroatoms. The molecule has 6 nitrogen and oxygen atoms in total. The first-order valence-electron chi connectivity index (χ1n) is 6.92. The van der Waals surface area contributed by atoms with Gasteiger partial charge in [0.15, 0.2) is 0 Å². The number of nitrogens with one attached hydrogen (secondary N) is 1. The highest BCUT2D eigenvalue weighted by molar-refractivity contribution is 5.90. The number of amides is 2. The Morgan fingerprint density at radius 3 is 2.90 bits per heavy atom. The van der Waals surface area contributed by atoms with Crippen LogP contribution in [-0.2, 0) is 17.7 Å². The number of hydrogen-bond donors (Lipinski definition) is 2. The van der Waals surface area contributed by atoms with Crippen LogP contribution in [0.15, 0.2) is 18.2 Å². The van der Waals surface area contributed by atoms with Crippen molar-refractivity contribution < 1.29 is 19.4 Å². The van der Waals surface area contributed by atoms with Gasteiger partial charge in [-0.15, -0.1) is 0 Å². The highest BCUT2D eigenvalue weighted by Gasteiger charge is 2.24. The van der Waals surface area contributed by atoms with Gasteiger partial charge in [-0.2, -0.15) is 0 Å². The third-order valence-corrected chi connectivity index (χ3v) is 3.73. The zero-order chi connectivity index (χ0) is 15.4. The third-order valence-electron chi connectivity index (χ3n) is 3.73. The zero-order valence-electron chi connectivity index (χ0n) is 12.3. The molecular weight excluding hydrogens is 272 g/mol. The molecule has 0 aromatic heterocycles. The Morgan fingerprint density at radius 2 is 2.24 bits per heavy atom. The molecule has 0 aliphatic carbocycles. The maximum Gasteiger partial charge on any atom is 0.335 e. The molecule has 2 rings (SSSR count). The van der Waals surface area contributed by atoms with Crippen molar-refractivity contribution in [2.24, 2.45) is 0 Å². The number of carbonyl (C=O) groups is 2. The molecule has 114 valence electrons. The van der Waals surface area contributed by atoms with Crippen LogP contribution in [-0.4, -0.2) is 48.3 Å². The van der Waals surface area contributed by atoms with Crippen molar-refractivity contribution >= 4 is 12.0 Å². The first-order valence-corrected chi connectivity index (χ1v) is 6.92. The molecule has 1 aromatic carbocycles. The first kappa shape index (κ1) is 15.3. The van der Waals surface area contributed by atoms with E-state index in [9.17, 15) is 14.7 Å². The van der Waals surface area contributed by atoms with Gasteiger partial charge in [-0.3, -0.25) is 0 Å². The summed E-state index contributed by atoms with van der Waals surface area (Å²) in [6, 6.07) is 5.05. The van der Waals surface area contributed by atoms with Gasteiger partial charge in [-0.05, 0) is 30.5 Å². The van der Waals surface area contributed by atoms with Gasteiger partial charge in [0.05, 0.1) is 11.7 Å². The topological polar surface area (TPSA) is 78.9 Å². The molecule has 1 heterocycles. The standard InChI is InChI=1S/C15H20N2O4/c1-10(21-2)8-16-15(20)17-7-6-12-11(9-17)4-3-5-13(12)14(18)19/h3-5,10H,6-9H2,1-2H3,(H,16,20)(H,18,19). The van der Waals surface area contributed by atoms with Crippen LogP contribution in [0.3, 0.4) is 0 Å². The molecule has 2 N–H and O–H groups in total. The number of ether oxygens (including phenoxy) is 1. The van der Waals surface area contributed by atoms with Crippen molar-refractivity contribution in [1.82, 2.24) is 10.2 Å². The van der Waals surface area contributed by atoms with Crippen LogP contribution in [0, 0.1) is 0 Å². The maximum absolute atomic E-state index is 12.1. The van der Waals surface area contributed by atoms with Crippen molar-refractivity contribution in [3.05, 3.63) is 34.9 Å². The fraction of sp³-hybridized carbons (Fsp3) is 0.467. The number of nitrogens with zero attached hydrogens (tertiary/aromatic N) is 1. The number of carboxylic acids is 1. The fourth-order valence-electron chi connectivity index (χ4n) is 2.41. The molecule has 1 unspecified atom stereocenters. The number of benzene rings is 1. The highest BCUT2D eigenvalue weighted by atomic mass is 16.5. The van der Waals surface area contributed by atoms with Gasteiger partial charge in [-0.25, -0.2) is 9.59 Å². The zero-order valence-corrected chi connectivity index (χ0v) is 12.3. The summed E-state index contributed by atoms with van der Waals surface area (Å²) < 4.78 is 5.09. The summed E-state index contributed by atoms with van der Waals surface area (Å²) in [6.45, 7) is 3.28. The summed E-state index contributed by atoms with van der Waals surface area (Å²) in [6.07, 6.45) is 0.523. The van der Waals surface area contributed by atoms with E-state index in [1.165, 1.54) is 0 Å². The second-order valence-corrected chi connectivity index (χ2v) is 5.15. The van der Waals surface area contributed by atoms with Crippen LogP contribution >= 0.6 is 0 Å². The summed E-state index contributed by atoms with van der Waals surface area (Å²) in [5.41, 5.74) is 2.07. The molecule has 0 saturated carbocycles. The SMILES string of the molecule is COC(C)CNC(=O)N1CCc2c(cccc2C(=O)O)C1. The van der Waals surface area contributed by atoms with Gasteiger partial charge in [0, 0.05) is 26.7 Å². The number of carboxylic acid groups (broad SMARTS) is 1. The molecule has 0 bridgehead atoms. The van der Waals surface area contributed by atoms with Crippen LogP contribution in [0.2, 0.25) is 0 Å². The fourth-order valence-corrected chi connectivity index (χ4v) is 2.41. The van der Waals surface area contributed by atoms with E-state index < -0.39 is 5.97 Å². The molecule has 0 fully saturated rings. The van der Waals surface area contributed by atoms with Gasteiger partial charge in [0.2, 0.25) is 0 Å².